The average molecular weight is 371 g/mol. The second-order valence-electron chi connectivity index (χ2n) is 6.24. The summed E-state index contributed by atoms with van der Waals surface area (Å²) in [4.78, 5) is 6.69. The number of guanidine groups is 1. The minimum absolute atomic E-state index is 0.151. The predicted octanol–water partition coefficient (Wildman–Crippen LogP) is 3.48. The van der Waals surface area contributed by atoms with Crippen molar-refractivity contribution in [3.63, 3.8) is 0 Å². The molecule has 0 spiro atoms. The van der Waals surface area contributed by atoms with Crippen molar-refractivity contribution in [2.45, 2.75) is 46.3 Å². The molecule has 0 bridgehead atoms. The van der Waals surface area contributed by atoms with Crippen molar-refractivity contribution in [1.82, 2.24) is 10.2 Å². The van der Waals surface area contributed by atoms with E-state index in [2.05, 4.69) is 17.0 Å². The Morgan fingerprint density at radius 3 is 2.46 bits per heavy atom. The van der Waals surface area contributed by atoms with Gasteiger partial charge in [-0.3, -0.25) is 4.99 Å². The third-order valence-corrected chi connectivity index (χ3v) is 4.00. The lowest BCUT2D eigenvalue weighted by atomic mass is 10.0. The van der Waals surface area contributed by atoms with Gasteiger partial charge < -0.3 is 20.1 Å². The third kappa shape index (κ3) is 8.47. The summed E-state index contributed by atoms with van der Waals surface area (Å²) in [7, 11) is 1.94. The molecular formula is C19H31F2N3O2. The first-order valence-corrected chi connectivity index (χ1v) is 9.14. The SMILES string of the molecule is CCCC(CCO)CN=C(NCC)N(C)Cc1ccc(OC(F)F)cc1. The van der Waals surface area contributed by atoms with E-state index < -0.39 is 6.61 Å². The lowest BCUT2D eigenvalue weighted by Gasteiger charge is -2.23. The van der Waals surface area contributed by atoms with Gasteiger partial charge in [0, 0.05) is 33.3 Å². The number of aliphatic hydroxyl groups excluding tert-OH is 1. The Kier molecular flexibility index (Phi) is 10.6. The van der Waals surface area contributed by atoms with E-state index in [4.69, 9.17) is 4.99 Å². The minimum atomic E-state index is -2.81. The van der Waals surface area contributed by atoms with E-state index in [-0.39, 0.29) is 12.4 Å². The van der Waals surface area contributed by atoms with Crippen molar-refractivity contribution in [1.29, 1.82) is 0 Å². The van der Waals surface area contributed by atoms with Crippen LogP contribution < -0.4 is 10.1 Å². The maximum Gasteiger partial charge on any atom is 0.387 e. The molecule has 0 amide bonds. The number of nitrogens with one attached hydrogen (secondary N) is 1. The number of nitrogens with zero attached hydrogens (tertiary/aromatic N) is 2. The molecule has 0 saturated heterocycles. The van der Waals surface area contributed by atoms with Crippen LogP contribution in [0.2, 0.25) is 0 Å². The zero-order valence-corrected chi connectivity index (χ0v) is 15.9. The molecule has 0 heterocycles. The Hall–Kier alpha value is -1.89. The molecule has 1 aromatic rings. The van der Waals surface area contributed by atoms with Gasteiger partial charge in [-0.25, -0.2) is 0 Å². The summed E-state index contributed by atoms with van der Waals surface area (Å²) in [6.45, 7) is 3.53. The van der Waals surface area contributed by atoms with Crippen LogP contribution in [0.3, 0.4) is 0 Å². The largest absolute Gasteiger partial charge is 0.435 e. The average Bonchev–Trinajstić information content (AvgIpc) is 2.60. The normalized spacial score (nSPS) is 13.0. The molecule has 7 heteroatoms. The number of benzene rings is 1. The molecule has 1 unspecified atom stereocenters. The summed E-state index contributed by atoms with van der Waals surface area (Å²) in [6.07, 6.45) is 2.87. The quantitative estimate of drug-likeness (QED) is 0.462. The van der Waals surface area contributed by atoms with E-state index in [1.165, 1.54) is 12.1 Å². The van der Waals surface area contributed by atoms with Gasteiger partial charge in [0.1, 0.15) is 5.75 Å². The van der Waals surface area contributed by atoms with Crippen LogP contribution in [-0.4, -0.2) is 49.3 Å². The summed E-state index contributed by atoms with van der Waals surface area (Å²) >= 11 is 0. The number of ether oxygens (including phenoxy) is 1. The Balaban J connectivity index is 2.71. The molecule has 0 aliphatic carbocycles. The zero-order valence-electron chi connectivity index (χ0n) is 15.9. The molecule has 0 saturated carbocycles. The van der Waals surface area contributed by atoms with E-state index >= 15 is 0 Å². The Labute approximate surface area is 155 Å². The van der Waals surface area contributed by atoms with Gasteiger partial charge in [0.15, 0.2) is 5.96 Å². The highest BCUT2D eigenvalue weighted by Gasteiger charge is 2.11. The number of aliphatic hydroxyl groups is 1. The molecule has 2 N–H and O–H groups in total. The molecule has 1 atom stereocenters. The summed E-state index contributed by atoms with van der Waals surface area (Å²) in [5, 5.41) is 12.5. The van der Waals surface area contributed by atoms with Crippen LogP contribution >= 0.6 is 0 Å². The topological polar surface area (TPSA) is 57.1 Å². The number of halogens is 2. The van der Waals surface area contributed by atoms with Crippen LogP contribution in [0, 0.1) is 5.92 Å². The molecule has 0 radical (unpaired) electrons. The fraction of sp³-hybridized carbons (Fsp3) is 0.632. The van der Waals surface area contributed by atoms with E-state index in [1.807, 2.05) is 18.9 Å². The first kappa shape index (κ1) is 22.2. The van der Waals surface area contributed by atoms with Gasteiger partial charge >= 0.3 is 6.61 Å². The summed E-state index contributed by atoms with van der Waals surface area (Å²) in [6, 6.07) is 6.61. The van der Waals surface area contributed by atoms with Crippen molar-refractivity contribution in [3.8, 4) is 5.75 Å². The van der Waals surface area contributed by atoms with Gasteiger partial charge in [-0.05, 0) is 43.4 Å². The van der Waals surface area contributed by atoms with Gasteiger partial charge in [-0.15, -0.1) is 0 Å². The van der Waals surface area contributed by atoms with E-state index in [9.17, 15) is 13.9 Å². The first-order chi connectivity index (χ1) is 12.5. The Morgan fingerprint density at radius 1 is 1.23 bits per heavy atom. The number of rotatable bonds is 11. The van der Waals surface area contributed by atoms with Crippen molar-refractivity contribution in [3.05, 3.63) is 29.8 Å². The number of hydrogen-bond donors (Lipinski definition) is 2. The highest BCUT2D eigenvalue weighted by atomic mass is 19.3. The highest BCUT2D eigenvalue weighted by molar-refractivity contribution is 5.79. The number of hydrogen-bond acceptors (Lipinski definition) is 3. The standard InChI is InChI=1S/C19H31F2N3O2/c1-4-6-15(11-12-25)13-23-19(22-5-2)24(3)14-16-7-9-17(10-8-16)26-18(20)21/h7-10,15,18,25H,4-6,11-14H2,1-3H3,(H,22,23). The van der Waals surface area contributed by atoms with Crippen LogP contribution in [-0.2, 0) is 6.54 Å². The lowest BCUT2D eigenvalue weighted by Crippen LogP contribution is -2.38. The van der Waals surface area contributed by atoms with Crippen LogP contribution in [0.5, 0.6) is 5.75 Å². The maximum atomic E-state index is 12.2. The lowest BCUT2D eigenvalue weighted by molar-refractivity contribution is -0.0498. The molecule has 0 fully saturated rings. The Bertz CT molecular complexity index is 518. The molecule has 0 aliphatic heterocycles. The maximum absolute atomic E-state index is 12.2. The minimum Gasteiger partial charge on any atom is -0.435 e. The van der Waals surface area contributed by atoms with Crippen molar-refractivity contribution >= 4 is 5.96 Å². The number of aliphatic imine (C=N–C) groups is 1. The molecule has 5 nitrogen and oxygen atoms in total. The fourth-order valence-corrected chi connectivity index (χ4v) is 2.73. The van der Waals surface area contributed by atoms with E-state index in [1.54, 1.807) is 12.1 Å². The monoisotopic (exact) mass is 371 g/mol. The first-order valence-electron chi connectivity index (χ1n) is 9.14. The Morgan fingerprint density at radius 2 is 1.92 bits per heavy atom. The summed E-state index contributed by atoms with van der Waals surface area (Å²) in [5.74, 6) is 1.32. The van der Waals surface area contributed by atoms with E-state index in [0.29, 0.717) is 19.0 Å². The van der Waals surface area contributed by atoms with Crippen LogP contribution in [0.15, 0.2) is 29.3 Å². The predicted molar refractivity (Wildman–Crippen MR) is 101 cm³/mol. The van der Waals surface area contributed by atoms with Gasteiger partial charge in [-0.1, -0.05) is 25.5 Å². The van der Waals surface area contributed by atoms with Crippen molar-refractivity contribution < 1.29 is 18.6 Å². The molecule has 1 aromatic carbocycles. The summed E-state index contributed by atoms with van der Waals surface area (Å²) in [5.41, 5.74) is 0.972. The van der Waals surface area contributed by atoms with Gasteiger partial charge in [0.05, 0.1) is 0 Å². The molecule has 148 valence electrons. The second-order valence-corrected chi connectivity index (χ2v) is 6.24. The third-order valence-electron chi connectivity index (χ3n) is 4.00. The molecular weight excluding hydrogens is 340 g/mol. The molecule has 0 aromatic heterocycles. The van der Waals surface area contributed by atoms with Crippen LogP contribution in [0.4, 0.5) is 8.78 Å². The molecule has 1 rings (SSSR count). The molecule has 0 aliphatic rings. The fourth-order valence-electron chi connectivity index (χ4n) is 2.73. The van der Waals surface area contributed by atoms with Crippen molar-refractivity contribution in [2.75, 3.05) is 26.7 Å². The summed E-state index contributed by atoms with van der Waals surface area (Å²) < 4.78 is 28.8. The molecule has 26 heavy (non-hydrogen) atoms. The second kappa shape index (κ2) is 12.5. The number of alkyl halides is 2. The van der Waals surface area contributed by atoms with Gasteiger partial charge in [0.25, 0.3) is 0 Å². The van der Waals surface area contributed by atoms with Gasteiger partial charge in [0.2, 0.25) is 0 Å². The smallest absolute Gasteiger partial charge is 0.387 e. The zero-order chi connectivity index (χ0) is 19.4. The van der Waals surface area contributed by atoms with Crippen LogP contribution in [0.1, 0.15) is 38.7 Å². The van der Waals surface area contributed by atoms with Gasteiger partial charge in [-0.2, -0.15) is 8.78 Å². The van der Waals surface area contributed by atoms with E-state index in [0.717, 1.165) is 37.3 Å². The van der Waals surface area contributed by atoms with Crippen molar-refractivity contribution in [2.24, 2.45) is 10.9 Å². The highest BCUT2D eigenvalue weighted by Crippen LogP contribution is 2.16. The van der Waals surface area contributed by atoms with Crippen LogP contribution in [0.25, 0.3) is 0 Å².